The summed E-state index contributed by atoms with van der Waals surface area (Å²) in [5, 5.41) is 19.5. The van der Waals surface area contributed by atoms with Crippen molar-refractivity contribution in [3.05, 3.63) is 35.9 Å². The first-order valence-corrected chi connectivity index (χ1v) is 7.13. The molecule has 1 rings (SSSR count). The number of hydrogen-bond donors (Lipinski definition) is 2. The van der Waals surface area contributed by atoms with Gasteiger partial charge in [-0.2, -0.15) is 0 Å². The first kappa shape index (κ1) is 17.3. The van der Waals surface area contributed by atoms with Crippen molar-refractivity contribution in [1.82, 2.24) is 0 Å². The lowest BCUT2D eigenvalue weighted by Crippen LogP contribution is -2.30. The lowest BCUT2D eigenvalue weighted by Gasteiger charge is -2.15. The van der Waals surface area contributed by atoms with E-state index in [4.69, 9.17) is 4.74 Å². The topological polar surface area (TPSA) is 49.7 Å². The molecule has 0 spiro atoms. The van der Waals surface area contributed by atoms with Crippen LogP contribution in [0, 0.1) is 23.7 Å². The first-order chi connectivity index (χ1) is 10.2. The van der Waals surface area contributed by atoms with Gasteiger partial charge in [-0.3, -0.25) is 0 Å². The molecule has 0 saturated carbocycles. The average Bonchev–Trinajstić information content (AvgIpc) is 2.51. The van der Waals surface area contributed by atoms with Crippen LogP contribution in [0.3, 0.4) is 0 Å². The molecule has 3 nitrogen and oxygen atoms in total. The normalized spacial score (nSPS) is 12.5. The second-order valence-corrected chi connectivity index (χ2v) is 4.58. The summed E-state index contributed by atoms with van der Waals surface area (Å²) in [6.07, 6.45) is -0.274. The molecule has 0 bridgehead atoms. The highest BCUT2D eigenvalue weighted by Gasteiger charge is 2.15. The summed E-state index contributed by atoms with van der Waals surface area (Å²) in [5.74, 6) is 11.5. The minimum atomic E-state index is -0.926. The second kappa shape index (κ2) is 10.9. The molecule has 0 radical (unpaired) electrons. The van der Waals surface area contributed by atoms with Crippen molar-refractivity contribution in [2.75, 3.05) is 6.61 Å². The second-order valence-electron chi connectivity index (χ2n) is 4.58. The zero-order valence-corrected chi connectivity index (χ0v) is 12.4. The van der Waals surface area contributed by atoms with Gasteiger partial charge in [-0.15, -0.1) is 5.92 Å². The number of hydrogen-bond acceptors (Lipinski definition) is 3. The molecule has 112 valence electrons. The zero-order valence-electron chi connectivity index (χ0n) is 12.4. The van der Waals surface area contributed by atoms with Crippen LogP contribution in [0.15, 0.2) is 30.3 Å². The van der Waals surface area contributed by atoms with E-state index in [1.54, 1.807) is 0 Å². The molecule has 0 heterocycles. The molecule has 3 heteroatoms. The Labute approximate surface area is 127 Å². The predicted molar refractivity (Wildman–Crippen MR) is 83.2 cm³/mol. The fraction of sp³-hybridized carbons (Fsp3) is 0.444. The van der Waals surface area contributed by atoms with Crippen molar-refractivity contribution < 1.29 is 14.9 Å². The Morgan fingerprint density at radius 1 is 1.00 bits per heavy atom. The molecule has 0 unspecified atom stereocenters. The maximum absolute atomic E-state index is 9.77. The van der Waals surface area contributed by atoms with E-state index in [1.165, 1.54) is 0 Å². The number of ether oxygens (including phenoxy) is 1. The maximum atomic E-state index is 9.77. The van der Waals surface area contributed by atoms with E-state index in [0.29, 0.717) is 13.0 Å². The van der Waals surface area contributed by atoms with Gasteiger partial charge < -0.3 is 14.9 Å². The lowest BCUT2D eigenvalue weighted by molar-refractivity contribution is -0.0398. The highest BCUT2D eigenvalue weighted by molar-refractivity contribution is 5.13. The Balaban J connectivity index is 2.20. The van der Waals surface area contributed by atoms with Crippen molar-refractivity contribution in [3.8, 4) is 23.7 Å². The van der Waals surface area contributed by atoms with E-state index in [-0.39, 0.29) is 13.0 Å². The van der Waals surface area contributed by atoms with Crippen LogP contribution in [0.4, 0.5) is 0 Å². The summed E-state index contributed by atoms with van der Waals surface area (Å²) >= 11 is 0. The summed E-state index contributed by atoms with van der Waals surface area (Å²) in [4.78, 5) is 0. The van der Waals surface area contributed by atoms with Gasteiger partial charge in [0.05, 0.1) is 25.7 Å². The summed E-state index contributed by atoms with van der Waals surface area (Å²) < 4.78 is 5.38. The molecule has 21 heavy (non-hydrogen) atoms. The van der Waals surface area contributed by atoms with Crippen LogP contribution in [0.25, 0.3) is 0 Å². The third-order valence-electron chi connectivity index (χ3n) is 2.76. The van der Waals surface area contributed by atoms with Gasteiger partial charge in [-0.25, -0.2) is 0 Å². The van der Waals surface area contributed by atoms with Crippen molar-refractivity contribution in [2.45, 2.75) is 45.0 Å². The van der Waals surface area contributed by atoms with Gasteiger partial charge in [0.2, 0.25) is 0 Å². The van der Waals surface area contributed by atoms with E-state index in [0.717, 1.165) is 12.0 Å². The summed E-state index contributed by atoms with van der Waals surface area (Å²) in [6, 6.07) is 9.70. The van der Waals surface area contributed by atoms with E-state index in [9.17, 15) is 10.2 Å². The van der Waals surface area contributed by atoms with Crippen molar-refractivity contribution in [3.63, 3.8) is 0 Å². The van der Waals surface area contributed by atoms with Crippen molar-refractivity contribution >= 4 is 0 Å². The quantitative estimate of drug-likeness (QED) is 0.788. The minimum absolute atomic E-state index is 0.0907. The molecule has 0 aliphatic rings. The van der Waals surface area contributed by atoms with E-state index < -0.39 is 12.2 Å². The Bertz CT molecular complexity index is 502. The fourth-order valence-corrected chi connectivity index (χ4v) is 1.59. The molecule has 1 aromatic carbocycles. The van der Waals surface area contributed by atoms with Gasteiger partial charge in [0.25, 0.3) is 0 Å². The Morgan fingerprint density at radius 3 is 2.43 bits per heavy atom. The van der Waals surface area contributed by atoms with Crippen LogP contribution in [-0.2, 0) is 11.3 Å². The molecule has 1 aromatic rings. The SMILES string of the molecule is CCC#CCC#CC[C@@H](O)[C@H](O)COCc1ccccc1. The molecule has 0 fully saturated rings. The largest absolute Gasteiger partial charge is 0.389 e. The molecule has 0 amide bonds. The van der Waals surface area contributed by atoms with Crippen LogP contribution >= 0.6 is 0 Å². The molecule has 0 saturated heterocycles. The summed E-state index contributed by atoms with van der Waals surface area (Å²) in [6.45, 7) is 2.49. The van der Waals surface area contributed by atoms with Crippen molar-refractivity contribution in [1.29, 1.82) is 0 Å². The summed E-state index contributed by atoms with van der Waals surface area (Å²) in [7, 11) is 0. The van der Waals surface area contributed by atoms with Gasteiger partial charge in [0.15, 0.2) is 0 Å². The number of aliphatic hydroxyl groups excluding tert-OH is 2. The molecule has 2 N–H and O–H groups in total. The number of aliphatic hydroxyl groups is 2. The smallest absolute Gasteiger partial charge is 0.104 e. The molecule has 2 atom stereocenters. The summed E-state index contributed by atoms with van der Waals surface area (Å²) in [5.41, 5.74) is 1.04. The minimum Gasteiger partial charge on any atom is -0.389 e. The van der Waals surface area contributed by atoms with Crippen LogP contribution in [0.5, 0.6) is 0 Å². The van der Waals surface area contributed by atoms with Gasteiger partial charge >= 0.3 is 0 Å². The fourth-order valence-electron chi connectivity index (χ4n) is 1.59. The van der Waals surface area contributed by atoms with Crippen LogP contribution in [0.2, 0.25) is 0 Å². The monoisotopic (exact) mass is 286 g/mol. The predicted octanol–water partition coefficient (Wildman–Crippen LogP) is 2.12. The van der Waals surface area contributed by atoms with Gasteiger partial charge in [-0.05, 0) is 5.56 Å². The third-order valence-corrected chi connectivity index (χ3v) is 2.76. The molecule has 0 aliphatic heterocycles. The van der Waals surface area contributed by atoms with Crippen LogP contribution < -0.4 is 0 Å². The van der Waals surface area contributed by atoms with Crippen molar-refractivity contribution in [2.24, 2.45) is 0 Å². The lowest BCUT2D eigenvalue weighted by atomic mass is 10.1. The third kappa shape index (κ3) is 8.17. The Hall–Kier alpha value is -1.78. The molecule has 0 aliphatic carbocycles. The molecular formula is C18H22O3. The number of rotatable bonds is 6. The van der Waals surface area contributed by atoms with Gasteiger partial charge in [0.1, 0.15) is 6.10 Å². The van der Waals surface area contributed by atoms with E-state index in [2.05, 4.69) is 23.7 Å². The molecule has 0 aromatic heterocycles. The molecular weight excluding hydrogens is 264 g/mol. The van der Waals surface area contributed by atoms with E-state index in [1.807, 2.05) is 37.3 Å². The van der Waals surface area contributed by atoms with E-state index >= 15 is 0 Å². The number of benzene rings is 1. The van der Waals surface area contributed by atoms with Gasteiger partial charge in [-0.1, -0.05) is 55.0 Å². The van der Waals surface area contributed by atoms with Crippen LogP contribution in [0.1, 0.15) is 31.7 Å². The highest BCUT2D eigenvalue weighted by Crippen LogP contribution is 2.04. The Kier molecular flexibility index (Phi) is 9.00. The van der Waals surface area contributed by atoms with Crippen LogP contribution in [-0.4, -0.2) is 29.0 Å². The Morgan fingerprint density at radius 2 is 1.71 bits per heavy atom. The first-order valence-electron chi connectivity index (χ1n) is 7.13. The average molecular weight is 286 g/mol. The standard InChI is InChI=1S/C18H22O3/c1-2-3-4-5-6-10-13-17(19)18(20)15-21-14-16-11-8-7-9-12-16/h7-9,11-12,17-20H,2,5,13-15H2,1H3/t17-,18-/m1/s1. The van der Waals surface area contributed by atoms with Gasteiger partial charge in [0, 0.05) is 12.8 Å². The maximum Gasteiger partial charge on any atom is 0.104 e. The zero-order chi connectivity index (χ0) is 15.3. The highest BCUT2D eigenvalue weighted by atomic mass is 16.5.